The van der Waals surface area contributed by atoms with Gasteiger partial charge in [0.15, 0.2) is 0 Å². The molecule has 1 amide bonds. The van der Waals surface area contributed by atoms with E-state index in [1.165, 1.54) is 0 Å². The normalized spacial score (nSPS) is 12.7. The Hall–Kier alpha value is -1.32. The Balaban J connectivity index is 3.66. The zero-order chi connectivity index (χ0) is 11.7. The van der Waals surface area contributed by atoms with Gasteiger partial charge in [-0.05, 0) is 19.8 Å². The van der Waals surface area contributed by atoms with Crippen molar-refractivity contribution in [3.8, 4) is 0 Å². The largest absolute Gasteiger partial charge is 0.481 e. The average molecular weight is 213 g/mol. The van der Waals surface area contributed by atoms with Crippen molar-refractivity contribution in [2.24, 2.45) is 0 Å². The number of carbonyl (C=O) groups excluding carboxylic acids is 1. The van der Waals surface area contributed by atoms with Gasteiger partial charge in [0.1, 0.15) is 0 Å². The lowest BCUT2D eigenvalue weighted by Gasteiger charge is -2.10. The minimum Gasteiger partial charge on any atom is -0.481 e. The van der Waals surface area contributed by atoms with Crippen molar-refractivity contribution in [3.63, 3.8) is 0 Å². The third-order valence-electron chi connectivity index (χ3n) is 1.87. The van der Waals surface area contributed by atoms with Crippen LogP contribution in [0.15, 0.2) is 12.2 Å². The molecule has 0 aromatic heterocycles. The molecule has 1 atom stereocenters. The average Bonchev–Trinajstić information content (AvgIpc) is 2.15. The quantitative estimate of drug-likeness (QED) is 0.633. The Morgan fingerprint density at radius 2 is 2.00 bits per heavy atom. The molecular formula is C11H19NO3. The number of aliphatic carboxylic acids is 1. The molecule has 0 fully saturated rings. The number of nitrogens with one attached hydrogen (secondary N) is 1. The molecule has 4 heteroatoms. The molecule has 15 heavy (non-hydrogen) atoms. The number of rotatable bonds is 7. The van der Waals surface area contributed by atoms with Crippen molar-refractivity contribution in [3.05, 3.63) is 12.2 Å². The van der Waals surface area contributed by atoms with Crippen LogP contribution in [-0.2, 0) is 9.59 Å². The molecule has 0 aliphatic rings. The van der Waals surface area contributed by atoms with E-state index in [-0.39, 0.29) is 24.8 Å². The zero-order valence-corrected chi connectivity index (χ0v) is 9.32. The van der Waals surface area contributed by atoms with E-state index in [0.717, 1.165) is 12.8 Å². The van der Waals surface area contributed by atoms with Crippen molar-refractivity contribution in [2.75, 3.05) is 0 Å². The second-order valence-corrected chi connectivity index (χ2v) is 3.48. The van der Waals surface area contributed by atoms with E-state index in [4.69, 9.17) is 5.11 Å². The molecule has 0 aromatic rings. The Labute approximate surface area is 90.4 Å². The molecule has 0 aliphatic heterocycles. The Morgan fingerprint density at radius 3 is 2.53 bits per heavy atom. The topological polar surface area (TPSA) is 66.4 Å². The SMILES string of the molecule is CC/C=C\CC(C)NC(=O)CCC(=O)O. The maximum Gasteiger partial charge on any atom is 0.303 e. The van der Waals surface area contributed by atoms with Crippen LogP contribution in [0.1, 0.15) is 39.5 Å². The molecule has 86 valence electrons. The summed E-state index contributed by atoms with van der Waals surface area (Å²) in [6, 6.07) is 0.0640. The minimum atomic E-state index is -0.941. The second kappa shape index (κ2) is 8.03. The van der Waals surface area contributed by atoms with E-state index in [9.17, 15) is 9.59 Å². The van der Waals surface area contributed by atoms with Gasteiger partial charge in [0.05, 0.1) is 6.42 Å². The Bertz CT molecular complexity index is 236. The summed E-state index contributed by atoms with van der Waals surface area (Å²) >= 11 is 0. The maximum absolute atomic E-state index is 11.2. The maximum atomic E-state index is 11.2. The molecular weight excluding hydrogens is 194 g/mol. The number of allylic oxidation sites excluding steroid dienone is 1. The highest BCUT2D eigenvalue weighted by Crippen LogP contribution is 1.96. The molecule has 1 unspecified atom stereocenters. The highest BCUT2D eigenvalue weighted by atomic mass is 16.4. The summed E-state index contributed by atoms with van der Waals surface area (Å²) in [4.78, 5) is 21.4. The standard InChI is InChI=1S/C11H19NO3/c1-3-4-5-6-9(2)12-10(13)7-8-11(14)15/h4-5,9H,3,6-8H2,1-2H3,(H,12,13)(H,14,15)/b5-4-. The summed E-state index contributed by atoms with van der Waals surface area (Å²) in [6.07, 6.45) is 5.77. The molecule has 0 bridgehead atoms. The van der Waals surface area contributed by atoms with E-state index in [1.54, 1.807) is 0 Å². The summed E-state index contributed by atoms with van der Waals surface area (Å²) < 4.78 is 0. The molecule has 0 aliphatic carbocycles. The van der Waals surface area contributed by atoms with E-state index in [0.29, 0.717) is 0 Å². The van der Waals surface area contributed by atoms with Gasteiger partial charge < -0.3 is 10.4 Å². The van der Waals surface area contributed by atoms with Gasteiger partial charge in [-0.3, -0.25) is 9.59 Å². The van der Waals surface area contributed by atoms with Crippen molar-refractivity contribution in [1.82, 2.24) is 5.32 Å². The predicted octanol–water partition coefficient (Wildman–Crippen LogP) is 1.71. The summed E-state index contributed by atoms with van der Waals surface area (Å²) in [5, 5.41) is 11.1. The van der Waals surface area contributed by atoms with E-state index < -0.39 is 5.97 Å². The Kier molecular flexibility index (Phi) is 7.32. The van der Waals surface area contributed by atoms with Gasteiger partial charge >= 0.3 is 5.97 Å². The number of carbonyl (C=O) groups is 2. The van der Waals surface area contributed by atoms with Crippen LogP contribution in [-0.4, -0.2) is 23.0 Å². The third-order valence-corrected chi connectivity index (χ3v) is 1.87. The van der Waals surface area contributed by atoms with Gasteiger partial charge in [-0.15, -0.1) is 0 Å². The molecule has 0 rings (SSSR count). The summed E-state index contributed by atoms with van der Waals surface area (Å²) in [7, 11) is 0. The van der Waals surface area contributed by atoms with Crippen LogP contribution in [0.2, 0.25) is 0 Å². The van der Waals surface area contributed by atoms with Gasteiger partial charge in [0.2, 0.25) is 5.91 Å². The number of amides is 1. The van der Waals surface area contributed by atoms with Crippen molar-refractivity contribution >= 4 is 11.9 Å². The fraction of sp³-hybridized carbons (Fsp3) is 0.636. The molecule has 4 nitrogen and oxygen atoms in total. The molecule has 0 aromatic carbocycles. The van der Waals surface area contributed by atoms with Crippen LogP contribution >= 0.6 is 0 Å². The van der Waals surface area contributed by atoms with Crippen LogP contribution in [0.5, 0.6) is 0 Å². The van der Waals surface area contributed by atoms with Crippen LogP contribution in [0.4, 0.5) is 0 Å². The minimum absolute atomic E-state index is 0.0527. The fourth-order valence-electron chi connectivity index (χ4n) is 1.09. The lowest BCUT2D eigenvalue weighted by molar-refractivity contribution is -0.138. The van der Waals surface area contributed by atoms with Gasteiger partial charge in [0.25, 0.3) is 0 Å². The summed E-state index contributed by atoms with van der Waals surface area (Å²) in [6.45, 7) is 3.95. The van der Waals surface area contributed by atoms with Crippen LogP contribution < -0.4 is 5.32 Å². The molecule has 0 saturated heterocycles. The highest BCUT2D eigenvalue weighted by molar-refractivity contribution is 5.80. The summed E-state index contributed by atoms with van der Waals surface area (Å²) in [5.41, 5.74) is 0. The van der Waals surface area contributed by atoms with Crippen LogP contribution in [0.3, 0.4) is 0 Å². The van der Waals surface area contributed by atoms with E-state index >= 15 is 0 Å². The summed E-state index contributed by atoms with van der Waals surface area (Å²) in [5.74, 6) is -1.14. The number of carboxylic acid groups (broad SMARTS) is 1. The van der Waals surface area contributed by atoms with Crippen molar-refractivity contribution in [1.29, 1.82) is 0 Å². The van der Waals surface area contributed by atoms with Crippen LogP contribution in [0, 0.1) is 0 Å². The smallest absolute Gasteiger partial charge is 0.303 e. The molecule has 0 radical (unpaired) electrons. The van der Waals surface area contributed by atoms with Gasteiger partial charge in [0, 0.05) is 12.5 Å². The van der Waals surface area contributed by atoms with E-state index in [1.807, 2.05) is 26.0 Å². The number of hydrogen-bond donors (Lipinski definition) is 2. The van der Waals surface area contributed by atoms with Crippen LogP contribution in [0.25, 0.3) is 0 Å². The molecule has 0 heterocycles. The molecule has 2 N–H and O–H groups in total. The highest BCUT2D eigenvalue weighted by Gasteiger charge is 2.07. The van der Waals surface area contributed by atoms with Crippen molar-refractivity contribution in [2.45, 2.75) is 45.6 Å². The number of hydrogen-bond acceptors (Lipinski definition) is 2. The van der Waals surface area contributed by atoms with Gasteiger partial charge in [-0.25, -0.2) is 0 Å². The first-order valence-corrected chi connectivity index (χ1v) is 5.22. The number of carboxylic acids is 1. The first-order valence-electron chi connectivity index (χ1n) is 5.22. The lowest BCUT2D eigenvalue weighted by Crippen LogP contribution is -2.32. The first-order chi connectivity index (χ1) is 7.06. The fourth-order valence-corrected chi connectivity index (χ4v) is 1.09. The van der Waals surface area contributed by atoms with Gasteiger partial charge in [-0.1, -0.05) is 19.1 Å². The molecule has 0 saturated carbocycles. The monoisotopic (exact) mass is 213 g/mol. The second-order valence-electron chi connectivity index (χ2n) is 3.48. The molecule has 0 spiro atoms. The van der Waals surface area contributed by atoms with Gasteiger partial charge in [-0.2, -0.15) is 0 Å². The van der Waals surface area contributed by atoms with E-state index in [2.05, 4.69) is 5.32 Å². The lowest BCUT2D eigenvalue weighted by atomic mass is 10.2. The Morgan fingerprint density at radius 1 is 1.33 bits per heavy atom. The third kappa shape index (κ3) is 9.00. The first kappa shape index (κ1) is 13.7. The van der Waals surface area contributed by atoms with Crippen molar-refractivity contribution < 1.29 is 14.7 Å². The zero-order valence-electron chi connectivity index (χ0n) is 9.32. The predicted molar refractivity (Wildman–Crippen MR) is 58.5 cm³/mol.